The maximum absolute atomic E-state index is 12.1. The molecule has 0 fully saturated rings. The normalized spacial score (nSPS) is 12.8. The molecule has 0 aliphatic rings. The summed E-state index contributed by atoms with van der Waals surface area (Å²) in [6.07, 6.45) is 0. The highest BCUT2D eigenvalue weighted by molar-refractivity contribution is 7.92. The number of alkyl halides is 4. The van der Waals surface area contributed by atoms with Crippen molar-refractivity contribution in [2.45, 2.75) is 16.3 Å². The Bertz CT molecular complexity index is 436. The summed E-state index contributed by atoms with van der Waals surface area (Å²) in [6, 6.07) is 4.26. The van der Waals surface area contributed by atoms with Gasteiger partial charge in [-0.15, -0.1) is 11.6 Å². The number of benzene rings is 1. The van der Waals surface area contributed by atoms with Gasteiger partial charge in [-0.3, -0.25) is 0 Å². The van der Waals surface area contributed by atoms with Crippen molar-refractivity contribution in [2.75, 3.05) is 0 Å². The van der Waals surface area contributed by atoms with Crippen LogP contribution in [0, 0.1) is 0 Å². The van der Waals surface area contributed by atoms with E-state index in [2.05, 4.69) is 0 Å². The molecule has 0 amide bonds. The van der Waals surface area contributed by atoms with Gasteiger partial charge in [0.1, 0.15) is 0 Å². The fraction of sp³-hybridized carbons (Fsp3) is 0.250. The highest BCUT2D eigenvalue weighted by atomic mass is 35.5. The molecule has 7 heteroatoms. The molecular formula is C8H6ClF3O2S. The maximum atomic E-state index is 12.1. The summed E-state index contributed by atoms with van der Waals surface area (Å²) in [6.45, 7) is 0. The Balaban J connectivity index is 3.18. The van der Waals surface area contributed by atoms with Crippen LogP contribution in [0.15, 0.2) is 29.2 Å². The van der Waals surface area contributed by atoms with Crippen LogP contribution >= 0.6 is 11.6 Å². The molecule has 0 aliphatic heterocycles. The largest absolute Gasteiger partial charge is 0.501 e. The van der Waals surface area contributed by atoms with Crippen molar-refractivity contribution in [3.8, 4) is 0 Å². The predicted molar refractivity (Wildman–Crippen MR) is 49.2 cm³/mol. The lowest BCUT2D eigenvalue weighted by Gasteiger charge is -2.07. The quantitative estimate of drug-likeness (QED) is 0.765. The zero-order chi connectivity index (χ0) is 11.7. The molecule has 1 aromatic carbocycles. The zero-order valence-electron chi connectivity index (χ0n) is 7.25. The average Bonchev–Trinajstić information content (AvgIpc) is 2.16. The van der Waals surface area contributed by atoms with Gasteiger partial charge in [-0.25, -0.2) is 8.42 Å². The van der Waals surface area contributed by atoms with Crippen molar-refractivity contribution in [1.29, 1.82) is 0 Å². The van der Waals surface area contributed by atoms with E-state index in [1.807, 2.05) is 0 Å². The Kier molecular flexibility index (Phi) is 3.30. The van der Waals surface area contributed by atoms with Crippen LogP contribution in [0.5, 0.6) is 0 Å². The summed E-state index contributed by atoms with van der Waals surface area (Å²) < 4.78 is 58.1. The molecule has 0 aromatic heterocycles. The predicted octanol–water partition coefficient (Wildman–Crippen LogP) is 2.72. The molecule has 0 aliphatic carbocycles. The molecule has 0 unspecified atom stereocenters. The van der Waals surface area contributed by atoms with E-state index in [1.54, 1.807) is 0 Å². The minimum atomic E-state index is -5.27. The van der Waals surface area contributed by atoms with E-state index in [0.29, 0.717) is 5.56 Å². The van der Waals surface area contributed by atoms with Crippen molar-refractivity contribution in [3.63, 3.8) is 0 Å². The van der Waals surface area contributed by atoms with Gasteiger partial charge in [-0.1, -0.05) is 12.1 Å². The van der Waals surface area contributed by atoms with Gasteiger partial charge < -0.3 is 0 Å². The smallest absolute Gasteiger partial charge is 0.214 e. The summed E-state index contributed by atoms with van der Waals surface area (Å²) in [5.41, 5.74) is -4.71. The van der Waals surface area contributed by atoms with Crippen molar-refractivity contribution in [2.24, 2.45) is 0 Å². The molecular weight excluding hydrogens is 253 g/mol. The Morgan fingerprint density at radius 2 is 1.60 bits per heavy atom. The first-order valence-electron chi connectivity index (χ1n) is 3.75. The summed E-state index contributed by atoms with van der Waals surface area (Å²) in [5.74, 6) is 0.117. The standard InChI is InChI=1S/C8H6ClF3O2S/c9-5-6-1-3-7(4-2-6)15(13,14)8(10,11)12/h1-4H,5H2. The van der Waals surface area contributed by atoms with Gasteiger partial charge in [-0.2, -0.15) is 13.2 Å². The minimum Gasteiger partial charge on any atom is -0.214 e. The second kappa shape index (κ2) is 4.02. The molecule has 1 aromatic rings. The lowest BCUT2D eigenvalue weighted by Crippen LogP contribution is -2.23. The molecule has 0 bridgehead atoms. The molecule has 1 rings (SSSR count). The first-order valence-corrected chi connectivity index (χ1v) is 5.77. The second-order valence-electron chi connectivity index (χ2n) is 2.73. The van der Waals surface area contributed by atoms with Crippen LogP contribution in [0.4, 0.5) is 13.2 Å². The lowest BCUT2D eigenvalue weighted by molar-refractivity contribution is -0.0436. The topological polar surface area (TPSA) is 34.1 Å². The van der Waals surface area contributed by atoms with E-state index in [-0.39, 0.29) is 5.88 Å². The van der Waals surface area contributed by atoms with E-state index in [1.165, 1.54) is 12.1 Å². The van der Waals surface area contributed by atoms with Gasteiger partial charge in [0.2, 0.25) is 0 Å². The molecule has 0 saturated carbocycles. The molecule has 0 radical (unpaired) electrons. The Labute approximate surface area is 89.6 Å². The molecule has 0 N–H and O–H groups in total. The van der Waals surface area contributed by atoms with Crippen LogP contribution in [0.25, 0.3) is 0 Å². The molecule has 0 atom stereocenters. The van der Waals surface area contributed by atoms with Crippen molar-refractivity contribution in [1.82, 2.24) is 0 Å². The lowest BCUT2D eigenvalue weighted by atomic mass is 10.2. The highest BCUT2D eigenvalue weighted by Crippen LogP contribution is 2.30. The second-order valence-corrected chi connectivity index (χ2v) is 4.94. The summed E-state index contributed by atoms with van der Waals surface area (Å²) >= 11 is 5.41. The van der Waals surface area contributed by atoms with Gasteiger partial charge in [0.05, 0.1) is 4.90 Å². The van der Waals surface area contributed by atoms with Gasteiger partial charge in [0.25, 0.3) is 9.84 Å². The number of hydrogen-bond acceptors (Lipinski definition) is 2. The van der Waals surface area contributed by atoms with Crippen LogP contribution in [-0.4, -0.2) is 13.9 Å². The van der Waals surface area contributed by atoms with Crippen LogP contribution in [0.2, 0.25) is 0 Å². The summed E-state index contributed by atoms with van der Waals surface area (Å²) in [5, 5.41) is 0. The van der Waals surface area contributed by atoms with E-state index in [4.69, 9.17) is 11.6 Å². The van der Waals surface area contributed by atoms with Gasteiger partial charge in [0, 0.05) is 5.88 Å². The fourth-order valence-corrected chi connectivity index (χ4v) is 1.83. The van der Waals surface area contributed by atoms with E-state index in [9.17, 15) is 21.6 Å². The minimum absolute atomic E-state index is 0.117. The molecule has 2 nitrogen and oxygen atoms in total. The molecule has 0 spiro atoms. The number of halogens is 4. The third-order valence-corrected chi connectivity index (χ3v) is 3.50. The Hall–Kier alpha value is -0.750. The van der Waals surface area contributed by atoms with Crippen LogP contribution in [0.3, 0.4) is 0 Å². The number of hydrogen-bond donors (Lipinski definition) is 0. The molecule has 0 saturated heterocycles. The van der Waals surface area contributed by atoms with Crippen molar-refractivity contribution >= 4 is 21.4 Å². The Morgan fingerprint density at radius 3 is 1.93 bits per heavy atom. The van der Waals surface area contributed by atoms with Crippen LogP contribution < -0.4 is 0 Å². The monoisotopic (exact) mass is 258 g/mol. The number of rotatable bonds is 2. The van der Waals surface area contributed by atoms with Gasteiger partial charge in [-0.05, 0) is 17.7 Å². The van der Waals surface area contributed by atoms with Gasteiger partial charge >= 0.3 is 5.51 Å². The third kappa shape index (κ3) is 2.43. The van der Waals surface area contributed by atoms with E-state index in [0.717, 1.165) is 12.1 Å². The summed E-state index contributed by atoms with van der Waals surface area (Å²) in [7, 11) is -5.24. The van der Waals surface area contributed by atoms with Crippen LogP contribution in [0.1, 0.15) is 5.56 Å². The molecule has 0 heterocycles. The fourth-order valence-electron chi connectivity index (χ4n) is 0.891. The van der Waals surface area contributed by atoms with Crippen molar-refractivity contribution < 1.29 is 21.6 Å². The van der Waals surface area contributed by atoms with Gasteiger partial charge in [0.15, 0.2) is 0 Å². The Morgan fingerprint density at radius 1 is 1.13 bits per heavy atom. The first kappa shape index (κ1) is 12.3. The third-order valence-electron chi connectivity index (χ3n) is 1.69. The van der Waals surface area contributed by atoms with Crippen LogP contribution in [-0.2, 0) is 15.7 Å². The maximum Gasteiger partial charge on any atom is 0.501 e. The molecule has 84 valence electrons. The van der Waals surface area contributed by atoms with E-state index >= 15 is 0 Å². The SMILES string of the molecule is O=S(=O)(c1ccc(CCl)cc1)C(F)(F)F. The summed E-state index contributed by atoms with van der Waals surface area (Å²) in [4.78, 5) is -0.774. The van der Waals surface area contributed by atoms with E-state index < -0.39 is 20.2 Å². The molecule has 15 heavy (non-hydrogen) atoms. The zero-order valence-corrected chi connectivity index (χ0v) is 8.83. The number of sulfone groups is 1. The van der Waals surface area contributed by atoms with Crippen molar-refractivity contribution in [3.05, 3.63) is 29.8 Å². The highest BCUT2D eigenvalue weighted by Gasteiger charge is 2.46. The first-order chi connectivity index (χ1) is 6.79. The average molecular weight is 259 g/mol.